The summed E-state index contributed by atoms with van der Waals surface area (Å²) in [5.41, 5.74) is 0.152. The van der Waals surface area contributed by atoms with Gasteiger partial charge in [-0.15, -0.1) is 0 Å². The van der Waals surface area contributed by atoms with Crippen LogP contribution in [0.3, 0.4) is 0 Å². The third-order valence-corrected chi connectivity index (χ3v) is 2.53. The number of ketones is 1. The molecule has 0 radical (unpaired) electrons. The van der Waals surface area contributed by atoms with Crippen molar-refractivity contribution in [1.82, 2.24) is 0 Å². The van der Waals surface area contributed by atoms with E-state index in [1.54, 1.807) is 19.9 Å². The predicted octanol–water partition coefficient (Wildman–Crippen LogP) is 2.09. The minimum absolute atomic E-state index is 0.0121. The number of hydrogen-bond donors (Lipinski definition) is 1. The summed E-state index contributed by atoms with van der Waals surface area (Å²) in [7, 11) is 0. The van der Waals surface area contributed by atoms with Crippen molar-refractivity contribution in [2.75, 3.05) is 0 Å². The van der Waals surface area contributed by atoms with Crippen molar-refractivity contribution >= 4 is 5.78 Å². The molecule has 0 saturated carbocycles. The molecule has 0 saturated heterocycles. The molecule has 2 heteroatoms. The van der Waals surface area contributed by atoms with Crippen molar-refractivity contribution < 1.29 is 9.90 Å². The van der Waals surface area contributed by atoms with Crippen molar-refractivity contribution in [3.8, 4) is 0 Å². The van der Waals surface area contributed by atoms with Crippen molar-refractivity contribution in [3.63, 3.8) is 0 Å². The molecule has 0 fully saturated rings. The van der Waals surface area contributed by atoms with E-state index in [0.29, 0.717) is 5.92 Å². The van der Waals surface area contributed by atoms with Crippen LogP contribution in [-0.4, -0.2) is 16.5 Å². The highest BCUT2D eigenvalue weighted by Gasteiger charge is 2.32. The van der Waals surface area contributed by atoms with Crippen LogP contribution in [-0.2, 0) is 4.79 Å². The van der Waals surface area contributed by atoms with Gasteiger partial charge in [0.25, 0.3) is 0 Å². The maximum atomic E-state index is 11.5. The first-order valence-corrected chi connectivity index (χ1v) is 4.98. The molecule has 0 spiro atoms. The van der Waals surface area contributed by atoms with Crippen LogP contribution in [0.5, 0.6) is 0 Å². The first-order chi connectivity index (χ1) is 6.32. The molecule has 1 atom stereocenters. The normalized spacial score (nSPS) is 22.9. The average Bonchev–Trinajstić information content (AvgIpc) is 2.02. The lowest BCUT2D eigenvalue weighted by Gasteiger charge is -2.28. The fourth-order valence-electron chi connectivity index (χ4n) is 1.55. The minimum atomic E-state index is -0.970. The lowest BCUT2D eigenvalue weighted by atomic mass is 9.81. The van der Waals surface area contributed by atoms with Gasteiger partial charge in [0, 0.05) is 0 Å². The standard InChI is InChI=1S/C12H18O2/c1-8(2)9-5-6-11(13)10(7-9)12(3,4)14/h5-8,10,14H,1-4H3. The summed E-state index contributed by atoms with van der Waals surface area (Å²) in [5.74, 6) is -0.0176. The second-order valence-corrected chi connectivity index (χ2v) is 4.69. The summed E-state index contributed by atoms with van der Waals surface area (Å²) >= 11 is 0. The zero-order valence-corrected chi connectivity index (χ0v) is 9.24. The second-order valence-electron chi connectivity index (χ2n) is 4.69. The van der Waals surface area contributed by atoms with E-state index in [-0.39, 0.29) is 5.78 Å². The Morgan fingerprint density at radius 2 is 1.93 bits per heavy atom. The maximum absolute atomic E-state index is 11.5. The van der Waals surface area contributed by atoms with Gasteiger partial charge >= 0.3 is 0 Å². The van der Waals surface area contributed by atoms with Crippen LogP contribution in [0, 0.1) is 11.8 Å². The minimum Gasteiger partial charge on any atom is -0.389 e. The van der Waals surface area contributed by atoms with Crippen LogP contribution in [0.1, 0.15) is 27.7 Å². The maximum Gasteiger partial charge on any atom is 0.165 e. The second kappa shape index (κ2) is 3.70. The molecular formula is C12H18O2. The van der Waals surface area contributed by atoms with Crippen LogP contribution in [0.15, 0.2) is 23.8 Å². The van der Waals surface area contributed by atoms with Gasteiger partial charge in [0.15, 0.2) is 5.78 Å². The SMILES string of the molecule is CC(C)C1=CC(C(C)(C)O)C(=O)C=C1. The molecule has 0 aromatic carbocycles. The first kappa shape index (κ1) is 11.2. The third-order valence-electron chi connectivity index (χ3n) is 2.53. The molecule has 0 aromatic heterocycles. The van der Waals surface area contributed by atoms with Gasteiger partial charge < -0.3 is 5.11 Å². The molecule has 1 N–H and O–H groups in total. The lowest BCUT2D eigenvalue weighted by Crippen LogP contribution is -2.36. The Kier molecular flexibility index (Phi) is 2.95. The van der Waals surface area contributed by atoms with Gasteiger partial charge in [0.2, 0.25) is 0 Å². The van der Waals surface area contributed by atoms with Crippen LogP contribution >= 0.6 is 0 Å². The Labute approximate surface area is 85.3 Å². The van der Waals surface area contributed by atoms with Gasteiger partial charge in [0.05, 0.1) is 11.5 Å². The van der Waals surface area contributed by atoms with E-state index in [9.17, 15) is 9.90 Å². The van der Waals surface area contributed by atoms with Gasteiger partial charge in [-0.3, -0.25) is 4.79 Å². The van der Waals surface area contributed by atoms with Gasteiger partial charge in [0.1, 0.15) is 0 Å². The Morgan fingerprint density at radius 1 is 1.36 bits per heavy atom. The number of hydrogen-bond acceptors (Lipinski definition) is 2. The largest absolute Gasteiger partial charge is 0.389 e. The highest BCUT2D eigenvalue weighted by molar-refractivity contribution is 5.95. The molecule has 0 aromatic rings. The fraction of sp³-hybridized carbons (Fsp3) is 0.583. The zero-order chi connectivity index (χ0) is 10.9. The molecule has 1 rings (SSSR count). The number of rotatable bonds is 2. The summed E-state index contributed by atoms with van der Waals surface area (Å²) in [4.78, 5) is 11.5. The van der Waals surface area contributed by atoms with E-state index in [2.05, 4.69) is 13.8 Å². The Bertz CT molecular complexity index is 290. The molecule has 78 valence electrons. The summed E-state index contributed by atoms with van der Waals surface area (Å²) < 4.78 is 0. The van der Waals surface area contributed by atoms with E-state index < -0.39 is 11.5 Å². The van der Waals surface area contributed by atoms with E-state index in [4.69, 9.17) is 0 Å². The van der Waals surface area contributed by atoms with Crippen molar-refractivity contribution in [1.29, 1.82) is 0 Å². The van der Waals surface area contributed by atoms with E-state index >= 15 is 0 Å². The molecule has 0 heterocycles. The summed E-state index contributed by atoms with van der Waals surface area (Å²) in [6.07, 6.45) is 5.29. The zero-order valence-electron chi connectivity index (χ0n) is 9.24. The van der Waals surface area contributed by atoms with Crippen molar-refractivity contribution in [2.24, 2.45) is 11.8 Å². The van der Waals surface area contributed by atoms with Crippen LogP contribution < -0.4 is 0 Å². The number of aliphatic hydroxyl groups is 1. The Morgan fingerprint density at radius 3 is 2.36 bits per heavy atom. The first-order valence-electron chi connectivity index (χ1n) is 4.98. The van der Waals surface area contributed by atoms with Crippen molar-refractivity contribution in [3.05, 3.63) is 23.8 Å². The lowest BCUT2D eigenvalue weighted by molar-refractivity contribution is -0.122. The molecule has 14 heavy (non-hydrogen) atoms. The highest BCUT2D eigenvalue weighted by atomic mass is 16.3. The molecule has 0 bridgehead atoms. The number of carbonyl (C=O) groups is 1. The highest BCUT2D eigenvalue weighted by Crippen LogP contribution is 2.27. The monoisotopic (exact) mass is 194 g/mol. The molecule has 0 amide bonds. The van der Waals surface area contributed by atoms with Crippen LogP contribution in [0.2, 0.25) is 0 Å². The molecular weight excluding hydrogens is 176 g/mol. The molecule has 1 aliphatic carbocycles. The average molecular weight is 194 g/mol. The Balaban J connectivity index is 2.97. The van der Waals surface area contributed by atoms with Gasteiger partial charge in [-0.2, -0.15) is 0 Å². The number of allylic oxidation sites excluding steroid dienone is 3. The van der Waals surface area contributed by atoms with Gasteiger partial charge in [-0.1, -0.05) is 26.0 Å². The third kappa shape index (κ3) is 2.32. The molecule has 0 aliphatic heterocycles. The predicted molar refractivity (Wildman–Crippen MR) is 56.9 cm³/mol. The van der Waals surface area contributed by atoms with Crippen LogP contribution in [0.4, 0.5) is 0 Å². The topological polar surface area (TPSA) is 37.3 Å². The van der Waals surface area contributed by atoms with E-state index in [1.807, 2.05) is 12.2 Å². The van der Waals surface area contributed by atoms with E-state index in [0.717, 1.165) is 5.57 Å². The summed E-state index contributed by atoms with van der Waals surface area (Å²) in [5, 5.41) is 9.81. The van der Waals surface area contributed by atoms with E-state index in [1.165, 1.54) is 0 Å². The number of carbonyl (C=O) groups excluding carboxylic acids is 1. The fourth-order valence-corrected chi connectivity index (χ4v) is 1.55. The summed E-state index contributed by atoms with van der Waals surface area (Å²) in [6.45, 7) is 7.49. The molecule has 2 nitrogen and oxygen atoms in total. The van der Waals surface area contributed by atoms with Crippen LogP contribution in [0.25, 0.3) is 0 Å². The van der Waals surface area contributed by atoms with Gasteiger partial charge in [-0.25, -0.2) is 0 Å². The Hall–Kier alpha value is -0.890. The smallest absolute Gasteiger partial charge is 0.165 e. The van der Waals surface area contributed by atoms with Crippen molar-refractivity contribution in [2.45, 2.75) is 33.3 Å². The van der Waals surface area contributed by atoms with Gasteiger partial charge in [-0.05, 0) is 31.4 Å². The molecule has 1 aliphatic rings. The molecule has 1 unspecified atom stereocenters. The quantitative estimate of drug-likeness (QED) is 0.731. The summed E-state index contributed by atoms with van der Waals surface area (Å²) in [6, 6.07) is 0.